The van der Waals surface area contributed by atoms with Crippen molar-refractivity contribution in [1.82, 2.24) is 19.5 Å². The molecule has 1 aliphatic rings. The van der Waals surface area contributed by atoms with Crippen LogP contribution in [0.4, 0.5) is 14.6 Å². The predicted molar refractivity (Wildman–Crippen MR) is 144 cm³/mol. The van der Waals surface area contributed by atoms with E-state index in [4.69, 9.17) is 35.8 Å². The summed E-state index contributed by atoms with van der Waals surface area (Å²) >= 11 is 5.61. The molecule has 1 aliphatic heterocycles. The molecule has 15 heteroatoms. The quantitative estimate of drug-likeness (QED) is 0.244. The number of benzene rings is 2. The lowest BCUT2D eigenvalue weighted by Gasteiger charge is -2.33. The minimum absolute atomic E-state index is 0.0439. The Kier molecular flexibility index (Phi) is 7.75. The van der Waals surface area contributed by atoms with Crippen LogP contribution in [0.1, 0.15) is 17.4 Å². The molecule has 0 saturated carbocycles. The number of hydrogen-bond donors (Lipinski definition) is 3. The molecule has 1 fully saturated rings. The van der Waals surface area contributed by atoms with E-state index in [9.17, 15) is 19.0 Å². The Morgan fingerprint density at radius 1 is 1.02 bits per heavy atom. The van der Waals surface area contributed by atoms with E-state index in [2.05, 4.69) is 15.0 Å². The molecule has 3 heterocycles. The molecule has 0 spiro atoms. The Bertz CT molecular complexity index is 1490. The number of nitrogen functional groups attached to an aromatic ring is 1. The van der Waals surface area contributed by atoms with Crippen molar-refractivity contribution >= 4 is 35.5 Å². The number of fused-ring (bicyclic) bond motifs is 1. The van der Waals surface area contributed by atoms with Crippen LogP contribution in [-0.2, 0) is 21.1 Å². The first kappa shape index (κ1) is 28.3. The Balaban J connectivity index is 1.45. The Labute approximate surface area is 232 Å². The molecule has 1 saturated heterocycles. The highest BCUT2D eigenvalue weighted by molar-refractivity contribution is 8.07. The third kappa shape index (κ3) is 5.38. The van der Waals surface area contributed by atoms with Gasteiger partial charge in [-0.25, -0.2) is 23.7 Å². The number of alkyl halides is 2. The number of nitrogens with two attached hydrogens (primary N) is 1. The first-order valence-corrected chi connectivity index (χ1v) is 14.6. The molecule has 0 bridgehead atoms. The van der Waals surface area contributed by atoms with Crippen molar-refractivity contribution in [3.8, 4) is 11.5 Å². The van der Waals surface area contributed by atoms with Gasteiger partial charge in [-0.3, -0.25) is 9.09 Å². The van der Waals surface area contributed by atoms with E-state index in [1.807, 2.05) is 13.8 Å². The van der Waals surface area contributed by atoms with Crippen molar-refractivity contribution in [3.63, 3.8) is 0 Å². The second kappa shape index (κ2) is 11.0. The van der Waals surface area contributed by atoms with Crippen LogP contribution in [0.5, 0.6) is 11.5 Å². The predicted octanol–water partition coefficient (Wildman–Crippen LogP) is 3.68. The number of anilines is 1. The molecule has 4 N–H and O–H groups in total. The molecule has 0 amide bonds. The van der Waals surface area contributed by atoms with Crippen molar-refractivity contribution < 1.29 is 37.3 Å². The number of hydrogen-bond acceptors (Lipinski definition) is 11. The van der Waals surface area contributed by atoms with Crippen LogP contribution in [0.3, 0.4) is 0 Å². The van der Waals surface area contributed by atoms with Gasteiger partial charge in [-0.15, -0.1) is 0 Å². The highest BCUT2D eigenvalue weighted by Crippen LogP contribution is 2.52. The summed E-state index contributed by atoms with van der Waals surface area (Å²) in [6.07, 6.45) is -6.40. The minimum Gasteiger partial charge on any atom is -0.416 e. The van der Waals surface area contributed by atoms with Crippen molar-refractivity contribution in [2.24, 2.45) is 0 Å². The van der Waals surface area contributed by atoms with Crippen LogP contribution in [-0.4, -0.2) is 60.6 Å². The minimum atomic E-state index is -3.83. The fraction of sp³-hybridized carbons (Fsp3) is 0.320. The highest BCUT2D eigenvalue weighted by atomic mass is 32.5. The van der Waals surface area contributed by atoms with Crippen molar-refractivity contribution in [2.45, 2.75) is 44.3 Å². The first-order chi connectivity index (χ1) is 19.0. The Morgan fingerprint density at radius 3 is 2.15 bits per heavy atom. The molecule has 0 aliphatic carbocycles. The third-order valence-corrected chi connectivity index (χ3v) is 8.49. The standard InChI is InChI=1S/C25H26F2N5O6PS/c1-14-3-7-16(8-4-14)37-39(40,38-17-9-5-15(2)6-10-17)35-11-25(24(26)27)20(34)19(33)23(36-25)32-13-31-18-21(28)29-12-30-22(18)32/h3-10,12-13,19-20,23-24,33-34H,11H2,1-2H3,(H2,28,29,30)/t19-,20-,23+,25+/m0/s1. The summed E-state index contributed by atoms with van der Waals surface area (Å²) < 4.78 is 53.8. The SMILES string of the molecule is Cc1ccc(OP(=S)(OC[C@@]2(C(F)F)O[C@@H](n3cnc4c(N)ncnc43)[C@@H](O)[C@@H]2O)Oc2ccc(C)cc2)cc1. The molecule has 11 nitrogen and oxygen atoms in total. The number of imidazole rings is 1. The normalized spacial score (nSPS) is 23.1. The van der Waals surface area contributed by atoms with Gasteiger partial charge in [0.05, 0.1) is 12.9 Å². The van der Waals surface area contributed by atoms with E-state index >= 15 is 0 Å². The van der Waals surface area contributed by atoms with Gasteiger partial charge in [0.15, 0.2) is 23.3 Å². The number of halogens is 2. The van der Waals surface area contributed by atoms with Gasteiger partial charge in [-0.2, -0.15) is 0 Å². The van der Waals surface area contributed by atoms with Gasteiger partial charge in [-0.05, 0) is 38.1 Å². The van der Waals surface area contributed by atoms with Crippen LogP contribution in [0, 0.1) is 13.8 Å². The molecule has 40 heavy (non-hydrogen) atoms. The van der Waals surface area contributed by atoms with Gasteiger partial charge in [0, 0.05) is 11.8 Å². The lowest BCUT2D eigenvalue weighted by Crippen LogP contribution is -2.52. The zero-order valence-electron chi connectivity index (χ0n) is 21.3. The van der Waals surface area contributed by atoms with Gasteiger partial charge in [-0.1, -0.05) is 35.4 Å². The lowest BCUT2D eigenvalue weighted by molar-refractivity contribution is -0.191. The number of rotatable bonds is 9. The maximum absolute atomic E-state index is 14.7. The maximum Gasteiger partial charge on any atom is 0.435 e. The van der Waals surface area contributed by atoms with E-state index in [1.54, 1.807) is 48.5 Å². The molecule has 2 aromatic carbocycles. The maximum atomic E-state index is 14.7. The van der Waals surface area contributed by atoms with Crippen LogP contribution in [0.15, 0.2) is 61.2 Å². The van der Waals surface area contributed by atoms with E-state index < -0.39 is 43.8 Å². The second-order valence-corrected chi connectivity index (χ2v) is 12.2. The fourth-order valence-corrected chi connectivity index (χ4v) is 6.09. The molecule has 0 radical (unpaired) electrons. The summed E-state index contributed by atoms with van der Waals surface area (Å²) in [6, 6.07) is 13.7. The average Bonchev–Trinajstić information content (AvgIpc) is 3.46. The number of nitrogens with zero attached hydrogens (tertiary/aromatic N) is 4. The third-order valence-electron chi connectivity index (χ3n) is 6.41. The molecule has 212 valence electrons. The molecule has 0 unspecified atom stereocenters. The van der Waals surface area contributed by atoms with Gasteiger partial charge in [0.2, 0.25) is 0 Å². The van der Waals surface area contributed by atoms with Crippen LogP contribution in [0.25, 0.3) is 11.2 Å². The average molecular weight is 594 g/mol. The van der Waals surface area contributed by atoms with Crippen LogP contribution >= 0.6 is 6.72 Å². The summed E-state index contributed by atoms with van der Waals surface area (Å²) in [6.45, 7) is -1.03. The van der Waals surface area contributed by atoms with Gasteiger partial charge >= 0.3 is 6.72 Å². The molecule has 4 aromatic rings. The van der Waals surface area contributed by atoms with Crippen LogP contribution in [0.2, 0.25) is 0 Å². The fourth-order valence-electron chi connectivity index (χ4n) is 4.16. The molecule has 4 atom stereocenters. The van der Waals surface area contributed by atoms with Gasteiger partial charge < -0.3 is 29.7 Å². The monoisotopic (exact) mass is 593 g/mol. The number of aliphatic hydroxyl groups is 2. The topological polar surface area (TPSA) is 147 Å². The Morgan fingerprint density at radius 2 is 1.60 bits per heavy atom. The molecule has 2 aromatic heterocycles. The smallest absolute Gasteiger partial charge is 0.416 e. The lowest BCUT2D eigenvalue weighted by atomic mass is 9.96. The molecule has 5 rings (SSSR count). The van der Waals surface area contributed by atoms with Crippen molar-refractivity contribution in [2.75, 3.05) is 12.3 Å². The van der Waals surface area contributed by atoms with Crippen molar-refractivity contribution in [1.29, 1.82) is 0 Å². The zero-order chi connectivity index (χ0) is 28.7. The summed E-state index contributed by atoms with van der Waals surface area (Å²) in [5.74, 6) is 0.627. The van der Waals surface area contributed by atoms with Gasteiger partial charge in [0.25, 0.3) is 6.43 Å². The highest BCUT2D eigenvalue weighted by Gasteiger charge is 2.61. The van der Waals surface area contributed by atoms with Crippen molar-refractivity contribution in [3.05, 3.63) is 72.3 Å². The zero-order valence-corrected chi connectivity index (χ0v) is 23.0. The number of aliphatic hydroxyl groups excluding tert-OH is 2. The summed E-state index contributed by atoms with van der Waals surface area (Å²) in [5, 5.41) is 21.7. The number of aromatic nitrogens is 4. The largest absolute Gasteiger partial charge is 0.435 e. The van der Waals surface area contributed by atoms with Crippen LogP contribution < -0.4 is 14.8 Å². The molecular formula is C25H26F2N5O6PS. The first-order valence-electron chi connectivity index (χ1n) is 12.0. The summed E-state index contributed by atoms with van der Waals surface area (Å²) in [5.41, 5.74) is 5.31. The van der Waals surface area contributed by atoms with E-state index in [1.165, 1.54) is 10.9 Å². The second-order valence-electron chi connectivity index (χ2n) is 9.31. The van der Waals surface area contributed by atoms with E-state index in [0.29, 0.717) is 11.5 Å². The summed E-state index contributed by atoms with van der Waals surface area (Å²) in [7, 11) is 0. The Hall–Kier alpha value is -3.26. The molecular weight excluding hydrogens is 567 g/mol. The van der Waals surface area contributed by atoms with Gasteiger partial charge in [0.1, 0.15) is 35.6 Å². The number of ether oxygens (including phenoxy) is 1. The summed E-state index contributed by atoms with van der Waals surface area (Å²) in [4.78, 5) is 12.0. The van der Waals surface area contributed by atoms with E-state index in [0.717, 1.165) is 17.5 Å². The number of aryl methyl sites for hydroxylation is 2. The van der Waals surface area contributed by atoms with E-state index in [-0.39, 0.29) is 17.0 Å².